The molecule has 0 saturated carbocycles. The van der Waals surface area contributed by atoms with Gasteiger partial charge in [-0.25, -0.2) is 0 Å². The van der Waals surface area contributed by atoms with Gasteiger partial charge in [0.1, 0.15) is 0 Å². The first-order chi connectivity index (χ1) is 14.2. The third kappa shape index (κ3) is 23.2. The summed E-state index contributed by atoms with van der Waals surface area (Å²) in [4.78, 5) is 12.6. The Morgan fingerprint density at radius 1 is 0.862 bits per heavy atom. The van der Waals surface area contributed by atoms with E-state index in [4.69, 9.17) is 10.2 Å². The van der Waals surface area contributed by atoms with Gasteiger partial charge in [-0.15, -0.1) is 0 Å². The van der Waals surface area contributed by atoms with Gasteiger partial charge in [-0.05, 0) is 32.1 Å². The number of piperazine rings is 1. The second-order valence-corrected chi connectivity index (χ2v) is 8.04. The Hall–Kier alpha value is -0.910. The van der Waals surface area contributed by atoms with E-state index in [2.05, 4.69) is 29.3 Å². The minimum Gasteiger partial charge on any atom is -0.481 e. The molecule has 0 bridgehead atoms. The molecule has 172 valence electrons. The number of hydrogen-bond donors (Lipinski definition) is 3. The van der Waals surface area contributed by atoms with Crippen LogP contribution in [0.3, 0.4) is 0 Å². The fourth-order valence-corrected chi connectivity index (χ4v) is 3.42. The van der Waals surface area contributed by atoms with E-state index in [0.29, 0.717) is 13.0 Å². The molecule has 0 amide bonds. The van der Waals surface area contributed by atoms with E-state index in [1.807, 2.05) is 0 Å². The Bertz CT molecular complexity index is 366. The van der Waals surface area contributed by atoms with E-state index in [-0.39, 0.29) is 0 Å². The van der Waals surface area contributed by atoms with Gasteiger partial charge in [0, 0.05) is 39.1 Å². The molecule has 5 nitrogen and oxygen atoms in total. The van der Waals surface area contributed by atoms with Crippen molar-refractivity contribution < 1.29 is 15.0 Å². The molecule has 1 aliphatic rings. The molecule has 1 heterocycles. The fraction of sp³-hybridized carbons (Fsp3) is 0.875. The standard InChI is InChI=1S/C18H34O2.C6H14N2O/c1-2-3-4-5-6-7-8-9-10-11-12-13-14-15-16-17-18(19)20;9-6-5-8-3-1-7-2-4-8/h9-10H,2-8,11-17H2,1H3,(H,19,20);7,9H,1-6H2/b10-9-;. The minimum atomic E-state index is -0.664. The molecular formula is C24H48N2O3. The topological polar surface area (TPSA) is 72.8 Å². The number of carbonyl (C=O) groups is 1. The summed E-state index contributed by atoms with van der Waals surface area (Å²) in [7, 11) is 0. The number of aliphatic carboxylic acids is 1. The van der Waals surface area contributed by atoms with Crippen LogP contribution >= 0.6 is 0 Å². The number of aliphatic hydroxyl groups is 1. The number of unbranched alkanes of at least 4 members (excludes halogenated alkanes) is 11. The Labute approximate surface area is 180 Å². The largest absolute Gasteiger partial charge is 0.481 e. The third-order valence-corrected chi connectivity index (χ3v) is 5.28. The first kappa shape index (κ1) is 28.1. The zero-order valence-electron chi connectivity index (χ0n) is 19.0. The van der Waals surface area contributed by atoms with Gasteiger partial charge in [0.05, 0.1) is 6.61 Å². The summed E-state index contributed by atoms with van der Waals surface area (Å²) < 4.78 is 0. The third-order valence-electron chi connectivity index (χ3n) is 5.28. The molecule has 1 rings (SSSR count). The van der Waals surface area contributed by atoms with Gasteiger partial charge in [-0.2, -0.15) is 0 Å². The quantitative estimate of drug-likeness (QED) is 0.232. The molecule has 3 N–H and O–H groups in total. The SMILES string of the molecule is CCCCCCCC/C=C\CCCCCCCC(=O)O.OCCN1CCNCC1. The highest BCUT2D eigenvalue weighted by atomic mass is 16.4. The van der Waals surface area contributed by atoms with Crippen LogP contribution in [0.2, 0.25) is 0 Å². The van der Waals surface area contributed by atoms with E-state index in [9.17, 15) is 4.79 Å². The molecule has 0 aromatic heterocycles. The van der Waals surface area contributed by atoms with E-state index in [0.717, 1.165) is 45.6 Å². The molecular weight excluding hydrogens is 364 g/mol. The predicted octanol–water partition coefficient (Wildman–Crippen LogP) is 4.99. The number of carboxylic acids is 1. The van der Waals surface area contributed by atoms with Crippen molar-refractivity contribution in [3.63, 3.8) is 0 Å². The van der Waals surface area contributed by atoms with Gasteiger partial charge in [0.25, 0.3) is 0 Å². The normalized spacial score (nSPS) is 14.7. The second kappa shape index (κ2) is 23.4. The molecule has 1 aliphatic heterocycles. The Morgan fingerprint density at radius 2 is 1.38 bits per heavy atom. The van der Waals surface area contributed by atoms with Crippen LogP contribution in [-0.2, 0) is 4.79 Å². The maximum absolute atomic E-state index is 10.3. The summed E-state index contributed by atoms with van der Waals surface area (Å²) in [6, 6.07) is 0. The number of β-amino-alcohol motifs (C(OH)–C–C–N with tert-alkyl or cyclic N) is 1. The molecule has 0 atom stereocenters. The van der Waals surface area contributed by atoms with Crippen molar-refractivity contribution in [2.45, 2.75) is 96.8 Å². The van der Waals surface area contributed by atoms with Crippen molar-refractivity contribution in [3.05, 3.63) is 12.2 Å². The Morgan fingerprint density at radius 3 is 1.90 bits per heavy atom. The first-order valence-corrected chi connectivity index (χ1v) is 12.1. The van der Waals surface area contributed by atoms with Crippen molar-refractivity contribution in [1.29, 1.82) is 0 Å². The van der Waals surface area contributed by atoms with E-state index in [1.165, 1.54) is 70.6 Å². The molecule has 0 spiro atoms. The van der Waals surface area contributed by atoms with Gasteiger partial charge >= 0.3 is 5.97 Å². The smallest absolute Gasteiger partial charge is 0.303 e. The summed E-state index contributed by atoms with van der Waals surface area (Å²) in [6.07, 6.45) is 21.2. The first-order valence-electron chi connectivity index (χ1n) is 12.1. The monoisotopic (exact) mass is 412 g/mol. The number of rotatable bonds is 17. The maximum Gasteiger partial charge on any atom is 0.303 e. The van der Waals surface area contributed by atoms with Gasteiger partial charge in [-0.1, -0.05) is 70.4 Å². The zero-order valence-corrected chi connectivity index (χ0v) is 19.0. The molecule has 5 heteroatoms. The van der Waals surface area contributed by atoms with Crippen LogP contribution in [0, 0.1) is 0 Å². The molecule has 1 fully saturated rings. The van der Waals surface area contributed by atoms with E-state index in [1.54, 1.807) is 0 Å². The zero-order chi connectivity index (χ0) is 21.4. The minimum absolute atomic E-state index is 0.292. The lowest BCUT2D eigenvalue weighted by atomic mass is 10.1. The molecule has 1 saturated heterocycles. The van der Waals surface area contributed by atoms with Gasteiger partial charge in [-0.3, -0.25) is 9.69 Å². The average Bonchev–Trinajstić information content (AvgIpc) is 2.72. The maximum atomic E-state index is 10.3. The average molecular weight is 413 g/mol. The number of hydrogen-bond acceptors (Lipinski definition) is 4. The fourth-order valence-electron chi connectivity index (χ4n) is 3.42. The lowest BCUT2D eigenvalue weighted by Crippen LogP contribution is -2.44. The van der Waals surface area contributed by atoms with Crippen molar-refractivity contribution in [2.75, 3.05) is 39.3 Å². The second-order valence-electron chi connectivity index (χ2n) is 8.04. The lowest BCUT2D eigenvalue weighted by molar-refractivity contribution is -0.137. The van der Waals surface area contributed by atoms with Gasteiger partial charge < -0.3 is 15.5 Å². The van der Waals surface area contributed by atoms with Crippen LogP contribution in [-0.4, -0.2) is 60.4 Å². The molecule has 29 heavy (non-hydrogen) atoms. The van der Waals surface area contributed by atoms with Crippen molar-refractivity contribution in [2.24, 2.45) is 0 Å². The van der Waals surface area contributed by atoms with Crippen LogP contribution < -0.4 is 5.32 Å². The molecule has 0 radical (unpaired) electrons. The van der Waals surface area contributed by atoms with Crippen LogP contribution in [0.4, 0.5) is 0 Å². The summed E-state index contributed by atoms with van der Waals surface area (Å²) >= 11 is 0. The van der Waals surface area contributed by atoms with Crippen molar-refractivity contribution >= 4 is 5.97 Å². The number of aliphatic hydroxyl groups excluding tert-OH is 1. The lowest BCUT2D eigenvalue weighted by Gasteiger charge is -2.25. The summed E-state index contributed by atoms with van der Waals surface area (Å²) in [5.74, 6) is -0.664. The molecule has 0 aliphatic carbocycles. The Balaban J connectivity index is 0.000000717. The highest BCUT2D eigenvalue weighted by Gasteiger charge is 2.06. The van der Waals surface area contributed by atoms with Crippen LogP contribution in [0.15, 0.2) is 12.2 Å². The number of nitrogens with one attached hydrogen (secondary N) is 1. The van der Waals surface area contributed by atoms with E-state index >= 15 is 0 Å². The molecule has 0 unspecified atom stereocenters. The number of allylic oxidation sites excluding steroid dienone is 2. The molecule has 0 aromatic carbocycles. The predicted molar refractivity (Wildman–Crippen MR) is 123 cm³/mol. The summed E-state index contributed by atoms with van der Waals surface area (Å²) in [5.41, 5.74) is 0. The van der Waals surface area contributed by atoms with Gasteiger partial charge in [0.15, 0.2) is 0 Å². The Kier molecular flexibility index (Phi) is 22.6. The summed E-state index contributed by atoms with van der Waals surface area (Å²) in [6.45, 7) is 7.69. The van der Waals surface area contributed by atoms with Gasteiger partial charge in [0.2, 0.25) is 0 Å². The van der Waals surface area contributed by atoms with E-state index < -0.39 is 5.97 Å². The van der Waals surface area contributed by atoms with Crippen LogP contribution in [0.25, 0.3) is 0 Å². The van der Waals surface area contributed by atoms with Crippen molar-refractivity contribution in [1.82, 2.24) is 10.2 Å². The highest BCUT2D eigenvalue weighted by Crippen LogP contribution is 2.09. The number of carboxylic acid groups (broad SMARTS) is 1. The van der Waals surface area contributed by atoms with Crippen LogP contribution in [0.1, 0.15) is 96.8 Å². The molecule has 0 aromatic rings. The number of nitrogens with zero attached hydrogens (tertiary/aromatic N) is 1. The highest BCUT2D eigenvalue weighted by molar-refractivity contribution is 5.66. The van der Waals surface area contributed by atoms with Crippen molar-refractivity contribution in [3.8, 4) is 0 Å². The van der Waals surface area contributed by atoms with Crippen LogP contribution in [0.5, 0.6) is 0 Å². The summed E-state index contributed by atoms with van der Waals surface area (Å²) in [5, 5.41) is 20.3.